The molecule has 1 aromatic rings. The van der Waals surface area contributed by atoms with Gasteiger partial charge in [-0.15, -0.1) is 0 Å². The quantitative estimate of drug-likeness (QED) is 0.830. The number of rotatable bonds is 7. The molecule has 1 aromatic carbocycles. The number of amides is 1. The van der Waals surface area contributed by atoms with Crippen molar-refractivity contribution in [2.45, 2.75) is 40.2 Å². The Kier molecular flexibility index (Phi) is 6.73. The van der Waals surface area contributed by atoms with Crippen molar-refractivity contribution in [2.75, 3.05) is 20.1 Å². The molecule has 0 aliphatic rings. The molecule has 20 heavy (non-hydrogen) atoms. The fourth-order valence-electron chi connectivity index (χ4n) is 2.08. The molecule has 0 saturated carbocycles. The Morgan fingerprint density at radius 1 is 1.20 bits per heavy atom. The molecule has 1 amide bonds. The zero-order valence-electron chi connectivity index (χ0n) is 13.4. The first kappa shape index (κ1) is 16.7. The number of benzene rings is 1. The minimum absolute atomic E-state index is 0.135. The van der Waals surface area contributed by atoms with Gasteiger partial charge in [0.25, 0.3) is 0 Å². The molecule has 1 N–H and O–H groups in total. The Hall–Kier alpha value is -1.35. The summed E-state index contributed by atoms with van der Waals surface area (Å²) >= 11 is 0. The van der Waals surface area contributed by atoms with Gasteiger partial charge < -0.3 is 10.2 Å². The first-order valence-corrected chi connectivity index (χ1v) is 7.50. The van der Waals surface area contributed by atoms with E-state index in [1.54, 1.807) is 4.90 Å². The lowest BCUT2D eigenvalue weighted by Gasteiger charge is -2.18. The highest BCUT2D eigenvalue weighted by molar-refractivity contribution is 5.77. The van der Waals surface area contributed by atoms with Crippen LogP contribution in [0.3, 0.4) is 0 Å². The van der Waals surface area contributed by atoms with Gasteiger partial charge in [-0.3, -0.25) is 4.79 Å². The van der Waals surface area contributed by atoms with Crippen molar-refractivity contribution in [3.63, 3.8) is 0 Å². The van der Waals surface area contributed by atoms with Crippen LogP contribution < -0.4 is 5.32 Å². The smallest absolute Gasteiger partial charge is 0.236 e. The number of hydrogen-bond donors (Lipinski definition) is 1. The molecule has 1 atom stereocenters. The molecule has 1 rings (SSSR count). The Morgan fingerprint density at radius 3 is 2.30 bits per heavy atom. The zero-order chi connectivity index (χ0) is 15.1. The van der Waals surface area contributed by atoms with Crippen LogP contribution in [0, 0.1) is 5.92 Å². The molecule has 0 spiro atoms. The molecule has 0 heterocycles. The van der Waals surface area contributed by atoms with Crippen LogP contribution in [0.15, 0.2) is 24.3 Å². The van der Waals surface area contributed by atoms with Gasteiger partial charge in [-0.2, -0.15) is 0 Å². The molecule has 0 radical (unpaired) electrons. The predicted molar refractivity (Wildman–Crippen MR) is 84.7 cm³/mol. The Balaban J connectivity index is 2.51. The summed E-state index contributed by atoms with van der Waals surface area (Å²) in [5.74, 6) is 0.814. The first-order chi connectivity index (χ1) is 9.43. The summed E-state index contributed by atoms with van der Waals surface area (Å²) in [6, 6.07) is 8.88. The highest BCUT2D eigenvalue weighted by Crippen LogP contribution is 2.15. The Bertz CT molecular complexity index is 412. The summed E-state index contributed by atoms with van der Waals surface area (Å²) in [4.78, 5) is 13.5. The van der Waals surface area contributed by atoms with Crippen LogP contribution in [0.1, 0.15) is 44.9 Å². The second-order valence-corrected chi connectivity index (χ2v) is 5.85. The average Bonchev–Trinajstić information content (AvgIpc) is 2.43. The molecule has 0 aromatic heterocycles. The third kappa shape index (κ3) is 5.33. The van der Waals surface area contributed by atoms with E-state index in [2.05, 4.69) is 50.4 Å². The van der Waals surface area contributed by atoms with E-state index in [9.17, 15) is 4.79 Å². The van der Waals surface area contributed by atoms with Crippen molar-refractivity contribution in [1.82, 2.24) is 10.2 Å². The summed E-state index contributed by atoms with van der Waals surface area (Å²) in [6.07, 6.45) is 1.11. The zero-order valence-corrected chi connectivity index (χ0v) is 13.4. The highest BCUT2D eigenvalue weighted by Gasteiger charge is 2.10. The number of likely N-dealkylation sites (N-methyl/N-ethyl adjacent to an activating group) is 1. The lowest BCUT2D eigenvalue weighted by molar-refractivity contribution is -0.128. The first-order valence-electron chi connectivity index (χ1n) is 7.50. The summed E-state index contributed by atoms with van der Waals surface area (Å²) in [6.45, 7) is 9.67. The number of nitrogens with zero attached hydrogens (tertiary/aromatic N) is 1. The van der Waals surface area contributed by atoms with Gasteiger partial charge >= 0.3 is 0 Å². The molecule has 1 unspecified atom stereocenters. The maximum Gasteiger partial charge on any atom is 0.236 e. The van der Waals surface area contributed by atoms with E-state index in [4.69, 9.17) is 0 Å². The van der Waals surface area contributed by atoms with Gasteiger partial charge in [0.1, 0.15) is 0 Å². The molecular weight excluding hydrogens is 248 g/mol. The molecule has 0 fully saturated rings. The number of hydrogen-bond acceptors (Lipinski definition) is 2. The van der Waals surface area contributed by atoms with E-state index in [-0.39, 0.29) is 11.9 Å². The monoisotopic (exact) mass is 276 g/mol. The summed E-state index contributed by atoms with van der Waals surface area (Å²) in [5, 5.41) is 3.28. The SMILES string of the molecule is CCN(C)C(=O)CNC(C)c1ccc(CC(C)C)cc1. The van der Waals surface area contributed by atoms with Crippen LogP contribution in [0.2, 0.25) is 0 Å². The van der Waals surface area contributed by atoms with Gasteiger partial charge in [0.15, 0.2) is 0 Å². The van der Waals surface area contributed by atoms with Crippen molar-refractivity contribution >= 4 is 5.91 Å². The molecule has 0 aliphatic heterocycles. The minimum Gasteiger partial charge on any atom is -0.345 e. The highest BCUT2D eigenvalue weighted by atomic mass is 16.2. The van der Waals surface area contributed by atoms with E-state index in [0.717, 1.165) is 13.0 Å². The Morgan fingerprint density at radius 2 is 1.80 bits per heavy atom. The summed E-state index contributed by atoms with van der Waals surface area (Å²) < 4.78 is 0. The third-order valence-corrected chi connectivity index (χ3v) is 3.58. The fourth-order valence-corrected chi connectivity index (χ4v) is 2.08. The van der Waals surface area contributed by atoms with Crippen molar-refractivity contribution in [3.05, 3.63) is 35.4 Å². The van der Waals surface area contributed by atoms with Crippen LogP contribution in [-0.4, -0.2) is 30.9 Å². The maximum absolute atomic E-state index is 11.7. The fraction of sp³-hybridized carbons (Fsp3) is 0.588. The van der Waals surface area contributed by atoms with Crippen LogP contribution in [-0.2, 0) is 11.2 Å². The molecule has 112 valence electrons. The van der Waals surface area contributed by atoms with Gasteiger partial charge in [-0.05, 0) is 37.3 Å². The number of carbonyl (C=O) groups is 1. The number of carbonyl (C=O) groups excluding carboxylic acids is 1. The van der Waals surface area contributed by atoms with Gasteiger partial charge in [0.05, 0.1) is 6.54 Å². The Labute approximate surface area is 123 Å². The van der Waals surface area contributed by atoms with Crippen molar-refractivity contribution in [3.8, 4) is 0 Å². The van der Waals surface area contributed by atoms with E-state index in [1.165, 1.54) is 11.1 Å². The van der Waals surface area contributed by atoms with Gasteiger partial charge in [0, 0.05) is 19.6 Å². The molecule has 0 saturated heterocycles. The molecule has 3 nitrogen and oxygen atoms in total. The van der Waals surface area contributed by atoms with Crippen LogP contribution >= 0.6 is 0 Å². The normalized spacial score (nSPS) is 12.5. The van der Waals surface area contributed by atoms with Crippen molar-refractivity contribution in [1.29, 1.82) is 0 Å². The second kappa shape index (κ2) is 8.05. The average molecular weight is 276 g/mol. The summed E-state index contributed by atoms with van der Waals surface area (Å²) in [5.41, 5.74) is 2.60. The van der Waals surface area contributed by atoms with E-state index in [1.807, 2.05) is 14.0 Å². The minimum atomic E-state index is 0.135. The maximum atomic E-state index is 11.7. The molecule has 0 aliphatic carbocycles. The number of nitrogens with one attached hydrogen (secondary N) is 1. The van der Waals surface area contributed by atoms with Crippen LogP contribution in [0.5, 0.6) is 0 Å². The second-order valence-electron chi connectivity index (χ2n) is 5.85. The lowest BCUT2D eigenvalue weighted by atomic mass is 10.00. The van der Waals surface area contributed by atoms with Crippen molar-refractivity contribution < 1.29 is 4.79 Å². The summed E-state index contributed by atoms with van der Waals surface area (Å²) in [7, 11) is 1.83. The molecular formula is C17H28N2O. The largest absolute Gasteiger partial charge is 0.345 e. The standard InChI is InChI=1S/C17H28N2O/c1-6-19(5)17(20)12-18-14(4)16-9-7-15(8-10-16)11-13(2)3/h7-10,13-14,18H,6,11-12H2,1-5H3. The van der Waals surface area contributed by atoms with E-state index < -0.39 is 0 Å². The van der Waals surface area contributed by atoms with Crippen LogP contribution in [0.4, 0.5) is 0 Å². The van der Waals surface area contributed by atoms with Gasteiger partial charge in [-0.1, -0.05) is 38.1 Å². The van der Waals surface area contributed by atoms with E-state index >= 15 is 0 Å². The topological polar surface area (TPSA) is 32.3 Å². The molecule has 3 heteroatoms. The molecule has 0 bridgehead atoms. The predicted octanol–water partition coefficient (Wildman–Crippen LogP) is 3.01. The van der Waals surface area contributed by atoms with Crippen LogP contribution in [0.25, 0.3) is 0 Å². The van der Waals surface area contributed by atoms with E-state index in [0.29, 0.717) is 12.5 Å². The van der Waals surface area contributed by atoms with Gasteiger partial charge in [0.2, 0.25) is 5.91 Å². The lowest BCUT2D eigenvalue weighted by Crippen LogP contribution is -2.36. The third-order valence-electron chi connectivity index (χ3n) is 3.58. The van der Waals surface area contributed by atoms with Crippen molar-refractivity contribution in [2.24, 2.45) is 5.92 Å². The van der Waals surface area contributed by atoms with Gasteiger partial charge in [-0.25, -0.2) is 0 Å².